The Kier molecular flexibility index (Phi) is 1.98. The fourth-order valence-electron chi connectivity index (χ4n) is 1.08. The second-order valence-corrected chi connectivity index (χ2v) is 5.43. The minimum Gasteiger partial charge on any atom is -0.380 e. The Labute approximate surface area is 66.1 Å². The van der Waals surface area contributed by atoms with E-state index in [0.29, 0.717) is 13.2 Å². The maximum atomic E-state index is 10.9. The van der Waals surface area contributed by atoms with Crippen LogP contribution in [0, 0.1) is 5.41 Å². The molecule has 0 bridgehead atoms. The molecule has 1 fully saturated rings. The summed E-state index contributed by atoms with van der Waals surface area (Å²) < 4.78 is 26.6. The molecule has 0 aliphatic carbocycles. The first-order valence-electron chi connectivity index (χ1n) is 3.31. The molecule has 1 aliphatic heterocycles. The van der Waals surface area contributed by atoms with Crippen LogP contribution < -0.4 is 0 Å². The van der Waals surface area contributed by atoms with E-state index in [1.54, 1.807) is 6.92 Å². The lowest BCUT2D eigenvalue weighted by Gasteiger charge is -2.40. The summed E-state index contributed by atoms with van der Waals surface area (Å²) in [4.78, 5) is 0. The van der Waals surface area contributed by atoms with Gasteiger partial charge in [0.15, 0.2) is 15.3 Å². The van der Waals surface area contributed by atoms with Crippen LogP contribution in [-0.2, 0) is 14.6 Å². The lowest BCUT2D eigenvalue weighted by molar-refractivity contribution is -0.137. The monoisotopic (exact) mass is 180 g/mol. The van der Waals surface area contributed by atoms with Crippen LogP contribution in [0.5, 0.6) is 0 Å². The smallest absolute Gasteiger partial charge is 0.174 e. The zero-order valence-corrected chi connectivity index (χ0v) is 7.39. The molecule has 1 N–H and O–H groups in total. The number of sulfone groups is 1. The van der Waals surface area contributed by atoms with Crippen LogP contribution in [0.1, 0.15) is 6.92 Å². The second-order valence-electron chi connectivity index (χ2n) is 3.33. The molecule has 0 amide bonds. The Morgan fingerprint density at radius 1 is 1.55 bits per heavy atom. The second kappa shape index (κ2) is 2.43. The zero-order chi connectivity index (χ0) is 8.70. The Balaban J connectivity index is 2.76. The summed E-state index contributed by atoms with van der Waals surface area (Å²) in [5, 5.41) is 9.30. The predicted octanol–water partition coefficient (Wildman–Crippen LogP) is -0.614. The third-order valence-electron chi connectivity index (χ3n) is 1.87. The van der Waals surface area contributed by atoms with Gasteiger partial charge >= 0.3 is 0 Å². The fourth-order valence-corrected chi connectivity index (χ4v) is 2.25. The van der Waals surface area contributed by atoms with Crippen molar-refractivity contribution < 1.29 is 18.3 Å². The average Bonchev–Trinajstić information content (AvgIpc) is 1.79. The van der Waals surface area contributed by atoms with Crippen molar-refractivity contribution >= 4 is 9.84 Å². The lowest BCUT2D eigenvalue weighted by Crippen LogP contribution is -2.51. The van der Waals surface area contributed by atoms with E-state index in [0.717, 1.165) is 6.26 Å². The molecule has 0 aromatic carbocycles. The van der Waals surface area contributed by atoms with E-state index < -0.39 is 20.7 Å². The van der Waals surface area contributed by atoms with Gasteiger partial charge in [-0.2, -0.15) is 0 Å². The molecule has 0 aromatic heterocycles. The van der Waals surface area contributed by atoms with Gasteiger partial charge in [-0.25, -0.2) is 8.42 Å². The maximum Gasteiger partial charge on any atom is 0.174 e. The summed E-state index contributed by atoms with van der Waals surface area (Å²) in [5.74, 6) is 0. The minimum absolute atomic E-state index is 0.321. The molecule has 1 aliphatic rings. The van der Waals surface area contributed by atoms with Gasteiger partial charge in [0.1, 0.15) is 0 Å². The number of rotatable bonds is 2. The van der Waals surface area contributed by atoms with Crippen molar-refractivity contribution in [2.45, 2.75) is 12.4 Å². The molecular formula is C6H12O4S. The van der Waals surface area contributed by atoms with Gasteiger partial charge in [0.2, 0.25) is 0 Å². The molecule has 0 radical (unpaired) electrons. The molecular weight excluding hydrogens is 168 g/mol. The highest BCUT2D eigenvalue weighted by atomic mass is 32.2. The first-order chi connectivity index (χ1) is 4.86. The van der Waals surface area contributed by atoms with E-state index in [2.05, 4.69) is 0 Å². The summed E-state index contributed by atoms with van der Waals surface area (Å²) >= 11 is 0. The normalized spacial score (nSPS) is 25.7. The quantitative estimate of drug-likeness (QED) is 0.615. The Hall–Kier alpha value is -0.130. The van der Waals surface area contributed by atoms with Crippen molar-refractivity contribution in [3.63, 3.8) is 0 Å². The molecule has 1 atom stereocenters. The highest BCUT2D eigenvalue weighted by Gasteiger charge is 2.45. The summed E-state index contributed by atoms with van der Waals surface area (Å²) in [6.45, 7) is 2.34. The molecule has 4 nitrogen and oxygen atoms in total. The molecule has 5 heteroatoms. The lowest BCUT2D eigenvalue weighted by atomic mass is 9.90. The maximum absolute atomic E-state index is 10.9. The standard InChI is InChI=1S/C6H12O4S/c1-6(3-10-4-6)5(7)11(2,8)9/h5,7H,3-4H2,1-2H3. The summed E-state index contributed by atoms with van der Waals surface area (Å²) in [6.07, 6.45) is 1.03. The third-order valence-corrected chi connectivity index (χ3v) is 3.25. The van der Waals surface area contributed by atoms with Crippen LogP contribution in [0.15, 0.2) is 0 Å². The molecule has 1 rings (SSSR count). The summed E-state index contributed by atoms with van der Waals surface area (Å²) in [6, 6.07) is 0. The number of hydrogen-bond acceptors (Lipinski definition) is 4. The molecule has 0 aromatic rings. The minimum atomic E-state index is -3.35. The number of aliphatic hydroxyl groups excluding tert-OH is 1. The van der Waals surface area contributed by atoms with Gasteiger partial charge in [-0.05, 0) is 0 Å². The van der Waals surface area contributed by atoms with Crippen molar-refractivity contribution in [3.05, 3.63) is 0 Å². The van der Waals surface area contributed by atoms with Gasteiger partial charge in [0, 0.05) is 6.26 Å². The molecule has 1 heterocycles. The number of hydrogen-bond donors (Lipinski definition) is 1. The largest absolute Gasteiger partial charge is 0.380 e. The van der Waals surface area contributed by atoms with E-state index in [1.165, 1.54) is 0 Å². The van der Waals surface area contributed by atoms with Crippen molar-refractivity contribution in [1.29, 1.82) is 0 Å². The molecule has 11 heavy (non-hydrogen) atoms. The highest BCUT2D eigenvalue weighted by molar-refractivity contribution is 7.91. The van der Waals surface area contributed by atoms with E-state index in [1.807, 2.05) is 0 Å². The SMILES string of the molecule is CC1(C(O)S(C)(=O)=O)COC1. The van der Waals surface area contributed by atoms with Gasteiger partial charge in [-0.15, -0.1) is 0 Å². The predicted molar refractivity (Wildman–Crippen MR) is 39.8 cm³/mol. The first kappa shape index (κ1) is 8.96. The molecule has 66 valence electrons. The average molecular weight is 180 g/mol. The van der Waals surface area contributed by atoms with Gasteiger partial charge in [0.05, 0.1) is 18.6 Å². The van der Waals surface area contributed by atoms with E-state index >= 15 is 0 Å². The van der Waals surface area contributed by atoms with Crippen molar-refractivity contribution in [1.82, 2.24) is 0 Å². The Morgan fingerprint density at radius 2 is 2.00 bits per heavy atom. The van der Waals surface area contributed by atoms with Gasteiger partial charge in [-0.3, -0.25) is 0 Å². The van der Waals surface area contributed by atoms with E-state index in [9.17, 15) is 13.5 Å². The zero-order valence-electron chi connectivity index (χ0n) is 6.57. The number of aliphatic hydroxyl groups is 1. The summed E-state index contributed by atoms with van der Waals surface area (Å²) in [7, 11) is -3.35. The molecule has 0 saturated carbocycles. The van der Waals surface area contributed by atoms with Crippen LogP contribution in [0.25, 0.3) is 0 Å². The molecule has 0 spiro atoms. The van der Waals surface area contributed by atoms with Crippen LogP contribution in [0.3, 0.4) is 0 Å². The highest BCUT2D eigenvalue weighted by Crippen LogP contribution is 2.32. The third kappa shape index (κ3) is 1.55. The molecule has 1 saturated heterocycles. The topological polar surface area (TPSA) is 63.6 Å². The fraction of sp³-hybridized carbons (Fsp3) is 1.00. The van der Waals surface area contributed by atoms with Crippen LogP contribution in [0.2, 0.25) is 0 Å². The van der Waals surface area contributed by atoms with Gasteiger partial charge in [0.25, 0.3) is 0 Å². The Morgan fingerprint density at radius 3 is 2.09 bits per heavy atom. The summed E-state index contributed by atoms with van der Waals surface area (Å²) in [5.41, 5.74) is -1.88. The number of ether oxygens (including phenoxy) is 1. The van der Waals surface area contributed by atoms with Crippen molar-refractivity contribution in [3.8, 4) is 0 Å². The van der Waals surface area contributed by atoms with Crippen LogP contribution in [0.4, 0.5) is 0 Å². The first-order valence-corrected chi connectivity index (χ1v) is 5.26. The van der Waals surface area contributed by atoms with Crippen molar-refractivity contribution in [2.75, 3.05) is 19.5 Å². The van der Waals surface area contributed by atoms with Crippen LogP contribution >= 0.6 is 0 Å². The Bertz CT molecular complexity index is 239. The molecule has 1 unspecified atom stereocenters. The van der Waals surface area contributed by atoms with Gasteiger partial charge in [-0.1, -0.05) is 6.92 Å². The van der Waals surface area contributed by atoms with Crippen LogP contribution in [-0.4, -0.2) is 38.4 Å². The van der Waals surface area contributed by atoms with E-state index in [4.69, 9.17) is 4.74 Å². The van der Waals surface area contributed by atoms with E-state index in [-0.39, 0.29) is 0 Å². The van der Waals surface area contributed by atoms with Crippen molar-refractivity contribution in [2.24, 2.45) is 5.41 Å². The van der Waals surface area contributed by atoms with Gasteiger partial charge < -0.3 is 9.84 Å².